The Morgan fingerprint density at radius 3 is 3.13 bits per heavy atom. The van der Waals surface area contributed by atoms with Gasteiger partial charge in [-0.2, -0.15) is 5.48 Å². The van der Waals surface area contributed by atoms with E-state index in [-0.39, 0.29) is 6.10 Å². The van der Waals surface area contributed by atoms with Gasteiger partial charge in [0, 0.05) is 11.6 Å². The Hall–Kier alpha value is -0.610. The van der Waals surface area contributed by atoms with Gasteiger partial charge >= 0.3 is 0 Å². The predicted octanol–water partition coefficient (Wildman–Crippen LogP) is 2.07. The largest absolute Gasteiger partial charge is 0.370 e. The minimum Gasteiger partial charge on any atom is -0.370 e. The van der Waals surface area contributed by atoms with Crippen LogP contribution in [0.3, 0.4) is 0 Å². The van der Waals surface area contributed by atoms with Crippen LogP contribution >= 0.6 is 11.6 Å². The second-order valence-electron chi connectivity index (χ2n) is 3.68. The summed E-state index contributed by atoms with van der Waals surface area (Å²) >= 11 is 5.94. The Morgan fingerprint density at radius 1 is 1.60 bits per heavy atom. The van der Waals surface area contributed by atoms with Gasteiger partial charge in [0.05, 0.1) is 19.3 Å². The lowest BCUT2D eigenvalue weighted by Crippen LogP contribution is -2.18. The van der Waals surface area contributed by atoms with Crippen LogP contribution in [0.5, 0.6) is 0 Å². The summed E-state index contributed by atoms with van der Waals surface area (Å²) in [4.78, 5) is 4.99. The van der Waals surface area contributed by atoms with Crippen LogP contribution in [0.1, 0.15) is 11.1 Å². The number of benzene rings is 1. The zero-order valence-corrected chi connectivity index (χ0v) is 9.38. The van der Waals surface area contributed by atoms with E-state index in [0.29, 0.717) is 13.2 Å². The summed E-state index contributed by atoms with van der Waals surface area (Å²) in [5.74, 6) is 0. The van der Waals surface area contributed by atoms with Crippen LogP contribution in [0, 0.1) is 6.92 Å². The summed E-state index contributed by atoms with van der Waals surface area (Å²) in [6, 6.07) is 5.93. The van der Waals surface area contributed by atoms with Crippen molar-refractivity contribution < 1.29 is 9.57 Å². The second-order valence-corrected chi connectivity index (χ2v) is 4.08. The van der Waals surface area contributed by atoms with Gasteiger partial charge in [0.2, 0.25) is 0 Å². The quantitative estimate of drug-likeness (QED) is 0.858. The number of hydrogen-bond acceptors (Lipinski definition) is 3. The van der Waals surface area contributed by atoms with E-state index in [4.69, 9.17) is 21.2 Å². The van der Waals surface area contributed by atoms with Crippen molar-refractivity contribution in [2.45, 2.75) is 19.6 Å². The number of hydroxylamine groups is 1. The van der Waals surface area contributed by atoms with Gasteiger partial charge in [-0.15, -0.1) is 0 Å². The first-order valence-corrected chi connectivity index (χ1v) is 5.35. The minimum atomic E-state index is 0.154. The fraction of sp³-hybridized carbons (Fsp3) is 0.455. The smallest absolute Gasteiger partial charge is 0.0980 e. The molecule has 0 aliphatic carbocycles. The molecule has 1 unspecified atom stereocenters. The van der Waals surface area contributed by atoms with Crippen molar-refractivity contribution in [1.29, 1.82) is 0 Å². The van der Waals surface area contributed by atoms with Crippen molar-refractivity contribution in [2.75, 3.05) is 13.2 Å². The van der Waals surface area contributed by atoms with Gasteiger partial charge < -0.3 is 4.74 Å². The number of hydrogen-bond donors (Lipinski definition) is 1. The summed E-state index contributed by atoms with van der Waals surface area (Å²) in [5, 5.41) is 0.796. The number of ether oxygens (including phenoxy) is 1. The zero-order valence-electron chi connectivity index (χ0n) is 8.63. The molecule has 0 amide bonds. The SMILES string of the molecule is Cc1cc(COC2CNOC2)ccc1Cl. The molecule has 1 aromatic rings. The maximum Gasteiger partial charge on any atom is 0.0980 e. The molecule has 1 aliphatic rings. The van der Waals surface area contributed by atoms with Crippen LogP contribution in [-0.2, 0) is 16.2 Å². The van der Waals surface area contributed by atoms with Gasteiger partial charge in [0.15, 0.2) is 0 Å². The van der Waals surface area contributed by atoms with Gasteiger partial charge in [-0.3, -0.25) is 4.84 Å². The monoisotopic (exact) mass is 227 g/mol. The van der Waals surface area contributed by atoms with E-state index in [1.807, 2.05) is 25.1 Å². The van der Waals surface area contributed by atoms with Crippen LogP contribution < -0.4 is 5.48 Å². The summed E-state index contributed by atoms with van der Waals surface area (Å²) in [6.07, 6.45) is 0.154. The molecular formula is C11H14ClNO2. The second kappa shape index (κ2) is 4.94. The molecule has 1 aromatic carbocycles. The molecule has 3 nitrogen and oxygen atoms in total. The molecule has 0 radical (unpaired) electrons. The molecule has 1 N–H and O–H groups in total. The van der Waals surface area contributed by atoms with E-state index >= 15 is 0 Å². The Balaban J connectivity index is 1.90. The molecule has 82 valence electrons. The molecule has 1 aliphatic heterocycles. The molecule has 1 atom stereocenters. The summed E-state index contributed by atoms with van der Waals surface area (Å²) < 4.78 is 5.65. The third-order valence-electron chi connectivity index (χ3n) is 2.39. The average molecular weight is 228 g/mol. The van der Waals surface area contributed by atoms with Crippen molar-refractivity contribution in [1.82, 2.24) is 5.48 Å². The van der Waals surface area contributed by atoms with E-state index < -0.39 is 0 Å². The number of nitrogens with one attached hydrogen (secondary N) is 1. The van der Waals surface area contributed by atoms with Crippen LogP contribution in [0.15, 0.2) is 18.2 Å². The Kier molecular flexibility index (Phi) is 3.59. The van der Waals surface area contributed by atoms with E-state index in [2.05, 4.69) is 5.48 Å². The Labute approximate surface area is 94.3 Å². The molecule has 0 bridgehead atoms. The molecule has 0 saturated carbocycles. The molecule has 15 heavy (non-hydrogen) atoms. The fourth-order valence-electron chi connectivity index (χ4n) is 1.48. The fourth-order valence-corrected chi connectivity index (χ4v) is 1.60. The van der Waals surface area contributed by atoms with Crippen molar-refractivity contribution in [3.05, 3.63) is 34.3 Å². The Morgan fingerprint density at radius 2 is 2.47 bits per heavy atom. The van der Waals surface area contributed by atoms with E-state index in [1.54, 1.807) is 0 Å². The topological polar surface area (TPSA) is 30.5 Å². The van der Waals surface area contributed by atoms with E-state index in [9.17, 15) is 0 Å². The highest BCUT2D eigenvalue weighted by Crippen LogP contribution is 2.17. The number of aryl methyl sites for hydroxylation is 1. The molecule has 1 heterocycles. The van der Waals surface area contributed by atoms with Crippen LogP contribution in [0.25, 0.3) is 0 Å². The summed E-state index contributed by atoms with van der Waals surface area (Å²) in [7, 11) is 0. The first kappa shape index (κ1) is 10.9. The van der Waals surface area contributed by atoms with Gasteiger partial charge in [0.25, 0.3) is 0 Å². The summed E-state index contributed by atoms with van der Waals surface area (Å²) in [6.45, 7) is 3.97. The van der Waals surface area contributed by atoms with Crippen molar-refractivity contribution >= 4 is 11.6 Å². The van der Waals surface area contributed by atoms with Crippen molar-refractivity contribution in [3.63, 3.8) is 0 Å². The van der Waals surface area contributed by atoms with Gasteiger partial charge in [-0.25, -0.2) is 0 Å². The highest BCUT2D eigenvalue weighted by molar-refractivity contribution is 6.31. The molecular weight excluding hydrogens is 214 g/mol. The number of halogens is 1. The van der Waals surface area contributed by atoms with Gasteiger partial charge in [-0.05, 0) is 24.1 Å². The van der Waals surface area contributed by atoms with Crippen LogP contribution in [0.4, 0.5) is 0 Å². The highest BCUT2D eigenvalue weighted by atomic mass is 35.5. The molecule has 2 rings (SSSR count). The normalized spacial score (nSPS) is 20.8. The maximum atomic E-state index is 5.94. The predicted molar refractivity (Wildman–Crippen MR) is 58.7 cm³/mol. The molecule has 4 heteroatoms. The molecule has 0 spiro atoms. The van der Waals surface area contributed by atoms with E-state index in [1.165, 1.54) is 0 Å². The third kappa shape index (κ3) is 2.92. The lowest BCUT2D eigenvalue weighted by atomic mass is 10.1. The first-order valence-electron chi connectivity index (χ1n) is 4.97. The van der Waals surface area contributed by atoms with Crippen molar-refractivity contribution in [3.8, 4) is 0 Å². The lowest BCUT2D eigenvalue weighted by molar-refractivity contribution is 0.0273. The standard InChI is InChI=1S/C11H14ClNO2/c1-8-4-9(2-3-11(8)12)6-14-10-5-13-15-7-10/h2-4,10,13H,5-7H2,1H3. The Bertz CT molecular complexity index is 337. The van der Waals surface area contributed by atoms with Crippen LogP contribution in [0.2, 0.25) is 5.02 Å². The maximum absolute atomic E-state index is 5.94. The van der Waals surface area contributed by atoms with E-state index in [0.717, 1.165) is 22.7 Å². The van der Waals surface area contributed by atoms with Crippen molar-refractivity contribution in [2.24, 2.45) is 0 Å². The third-order valence-corrected chi connectivity index (χ3v) is 2.81. The molecule has 1 saturated heterocycles. The highest BCUT2D eigenvalue weighted by Gasteiger charge is 2.15. The van der Waals surface area contributed by atoms with Gasteiger partial charge in [-0.1, -0.05) is 23.7 Å². The average Bonchev–Trinajstić information content (AvgIpc) is 2.73. The minimum absolute atomic E-state index is 0.154. The van der Waals surface area contributed by atoms with Crippen LogP contribution in [-0.4, -0.2) is 19.3 Å². The zero-order chi connectivity index (χ0) is 10.7. The van der Waals surface area contributed by atoms with Gasteiger partial charge in [0.1, 0.15) is 0 Å². The molecule has 1 fully saturated rings. The number of rotatable bonds is 3. The summed E-state index contributed by atoms with van der Waals surface area (Å²) in [5.41, 5.74) is 5.01. The first-order chi connectivity index (χ1) is 7.25. The molecule has 0 aromatic heterocycles. The lowest BCUT2D eigenvalue weighted by Gasteiger charge is -2.09.